The van der Waals surface area contributed by atoms with Crippen molar-refractivity contribution in [1.29, 1.82) is 0 Å². The van der Waals surface area contributed by atoms with Crippen molar-refractivity contribution in [2.75, 3.05) is 20.3 Å². The van der Waals surface area contributed by atoms with Crippen molar-refractivity contribution in [2.45, 2.75) is 40.2 Å². The number of esters is 1. The molecule has 2 aromatic rings. The van der Waals surface area contributed by atoms with Gasteiger partial charge in [0.2, 0.25) is 0 Å². The van der Waals surface area contributed by atoms with Crippen LogP contribution in [-0.4, -0.2) is 35.8 Å². The Kier molecular flexibility index (Phi) is 5.54. The van der Waals surface area contributed by atoms with Gasteiger partial charge in [-0.15, -0.1) is 11.3 Å². The predicted molar refractivity (Wildman–Crippen MR) is 90.5 cm³/mol. The number of nitrogens with zero attached hydrogens (tertiary/aromatic N) is 2. The molecular weight excluding hydrogens is 316 g/mol. The second-order valence-corrected chi connectivity index (χ2v) is 6.53. The smallest absolute Gasteiger partial charge is 0.348 e. The zero-order valence-electron chi connectivity index (χ0n) is 14.1. The Hall–Kier alpha value is -1.73. The van der Waals surface area contributed by atoms with Gasteiger partial charge in [-0.1, -0.05) is 13.8 Å². The van der Waals surface area contributed by atoms with E-state index in [-0.39, 0.29) is 11.5 Å². The molecule has 126 valence electrons. The van der Waals surface area contributed by atoms with E-state index >= 15 is 0 Å². The van der Waals surface area contributed by atoms with Crippen LogP contribution in [0.4, 0.5) is 0 Å². The Labute approximate surface area is 139 Å². The van der Waals surface area contributed by atoms with Crippen LogP contribution in [-0.2, 0) is 16.0 Å². The number of hydrogen-bond acceptors (Lipinski definition) is 6. The summed E-state index contributed by atoms with van der Waals surface area (Å²) < 4.78 is 11.8. The van der Waals surface area contributed by atoms with Crippen molar-refractivity contribution in [1.82, 2.24) is 9.55 Å². The molecule has 0 spiro atoms. The summed E-state index contributed by atoms with van der Waals surface area (Å²) in [6.07, 6.45) is 0. The lowest BCUT2D eigenvalue weighted by atomic mass is 10.1. The van der Waals surface area contributed by atoms with Gasteiger partial charge in [0.05, 0.1) is 25.1 Å². The molecule has 0 saturated carbocycles. The van der Waals surface area contributed by atoms with E-state index in [0.717, 1.165) is 0 Å². The first kappa shape index (κ1) is 17.6. The van der Waals surface area contributed by atoms with E-state index < -0.39 is 5.97 Å². The highest BCUT2D eigenvalue weighted by Gasteiger charge is 2.22. The molecular formula is C16H22N2O4S. The Bertz CT molecular complexity index is 776. The molecule has 0 aliphatic rings. The Balaban J connectivity index is 2.70. The average Bonchev–Trinajstić information content (AvgIpc) is 2.83. The zero-order chi connectivity index (χ0) is 17.1. The van der Waals surface area contributed by atoms with Gasteiger partial charge in [0.1, 0.15) is 15.5 Å². The van der Waals surface area contributed by atoms with E-state index in [1.165, 1.54) is 11.3 Å². The maximum atomic E-state index is 12.9. The van der Waals surface area contributed by atoms with Gasteiger partial charge in [-0.2, -0.15) is 0 Å². The lowest BCUT2D eigenvalue weighted by molar-refractivity contribution is 0.0531. The van der Waals surface area contributed by atoms with Gasteiger partial charge in [-0.3, -0.25) is 9.36 Å². The van der Waals surface area contributed by atoms with Crippen molar-refractivity contribution in [2.24, 2.45) is 0 Å². The van der Waals surface area contributed by atoms with Crippen molar-refractivity contribution < 1.29 is 14.3 Å². The fourth-order valence-corrected chi connectivity index (χ4v) is 3.54. The van der Waals surface area contributed by atoms with Crippen LogP contribution in [0.25, 0.3) is 10.2 Å². The van der Waals surface area contributed by atoms with Gasteiger partial charge in [0.15, 0.2) is 0 Å². The van der Waals surface area contributed by atoms with E-state index in [1.54, 1.807) is 25.5 Å². The monoisotopic (exact) mass is 338 g/mol. The molecule has 7 heteroatoms. The first-order valence-corrected chi connectivity index (χ1v) is 8.43. The lowest BCUT2D eigenvalue weighted by Crippen LogP contribution is -2.27. The zero-order valence-corrected chi connectivity index (χ0v) is 15.0. The molecule has 6 nitrogen and oxygen atoms in total. The summed E-state index contributed by atoms with van der Waals surface area (Å²) >= 11 is 1.22. The molecule has 0 saturated heterocycles. The van der Waals surface area contributed by atoms with E-state index in [1.807, 2.05) is 13.8 Å². The van der Waals surface area contributed by atoms with Crippen LogP contribution in [0.2, 0.25) is 0 Å². The van der Waals surface area contributed by atoms with Crippen molar-refractivity contribution in [3.05, 3.63) is 26.6 Å². The molecule has 0 amide bonds. The van der Waals surface area contributed by atoms with Gasteiger partial charge < -0.3 is 9.47 Å². The molecule has 2 rings (SSSR count). The molecule has 0 radical (unpaired) electrons. The van der Waals surface area contributed by atoms with E-state index in [9.17, 15) is 9.59 Å². The number of carbonyl (C=O) groups is 1. The molecule has 0 fully saturated rings. The van der Waals surface area contributed by atoms with E-state index in [4.69, 9.17) is 9.47 Å². The summed E-state index contributed by atoms with van der Waals surface area (Å²) in [6, 6.07) is 0. The lowest BCUT2D eigenvalue weighted by Gasteiger charge is -2.14. The predicted octanol–water partition coefficient (Wildman–Crippen LogP) is 2.71. The summed E-state index contributed by atoms with van der Waals surface area (Å²) in [6.45, 7) is 8.68. The number of carbonyl (C=O) groups excluding carboxylic acids is 1. The molecule has 0 aliphatic carbocycles. The number of thiophene rings is 1. The van der Waals surface area contributed by atoms with Crippen LogP contribution in [0.3, 0.4) is 0 Å². The number of hydrogen-bond donors (Lipinski definition) is 0. The van der Waals surface area contributed by atoms with Crippen LogP contribution in [0.5, 0.6) is 0 Å². The van der Waals surface area contributed by atoms with Crippen LogP contribution in [0.15, 0.2) is 4.79 Å². The highest BCUT2D eigenvalue weighted by molar-refractivity contribution is 7.20. The molecule has 23 heavy (non-hydrogen) atoms. The summed E-state index contributed by atoms with van der Waals surface area (Å²) in [5, 5.41) is 0.499. The maximum Gasteiger partial charge on any atom is 0.348 e. The van der Waals surface area contributed by atoms with Crippen molar-refractivity contribution in [3.63, 3.8) is 0 Å². The SMILES string of the molecule is CCOC(=O)c1sc2nc(C(C)C)n(CCOC)c(=O)c2c1C. The standard InChI is InChI=1S/C16H22N2O4S/c1-6-22-16(20)12-10(4)11-14(23-12)17-13(9(2)3)18(15(11)19)7-8-21-5/h9H,6-8H2,1-5H3. The van der Waals surface area contributed by atoms with E-state index in [0.29, 0.717) is 46.2 Å². The van der Waals surface area contributed by atoms with Gasteiger partial charge in [0.25, 0.3) is 5.56 Å². The van der Waals surface area contributed by atoms with Crippen LogP contribution in [0, 0.1) is 6.92 Å². The number of rotatable bonds is 6. The molecule has 2 aromatic heterocycles. The normalized spacial score (nSPS) is 11.4. The topological polar surface area (TPSA) is 70.4 Å². The van der Waals surface area contributed by atoms with Crippen LogP contribution < -0.4 is 5.56 Å². The van der Waals surface area contributed by atoms with Crippen LogP contribution in [0.1, 0.15) is 47.7 Å². The molecule has 0 N–H and O–H groups in total. The van der Waals surface area contributed by atoms with Crippen molar-refractivity contribution >= 4 is 27.5 Å². The highest BCUT2D eigenvalue weighted by atomic mass is 32.1. The minimum Gasteiger partial charge on any atom is -0.462 e. The summed E-state index contributed by atoms with van der Waals surface area (Å²) in [5.41, 5.74) is 0.516. The minimum absolute atomic E-state index is 0.0948. The average molecular weight is 338 g/mol. The molecule has 0 aliphatic heterocycles. The molecule has 0 unspecified atom stereocenters. The molecule has 0 aromatic carbocycles. The van der Waals surface area contributed by atoms with Gasteiger partial charge in [-0.25, -0.2) is 9.78 Å². The largest absolute Gasteiger partial charge is 0.462 e. The van der Waals surface area contributed by atoms with E-state index in [2.05, 4.69) is 4.98 Å². The number of fused-ring (bicyclic) bond motifs is 1. The minimum atomic E-state index is -0.401. The molecule has 0 atom stereocenters. The summed E-state index contributed by atoms with van der Waals surface area (Å²) in [4.78, 5) is 30.6. The van der Waals surface area contributed by atoms with Gasteiger partial charge in [0, 0.05) is 13.0 Å². The second kappa shape index (κ2) is 7.23. The quantitative estimate of drug-likeness (QED) is 0.757. The number of aromatic nitrogens is 2. The first-order chi connectivity index (χ1) is 10.9. The number of aryl methyl sites for hydroxylation is 1. The number of ether oxygens (including phenoxy) is 2. The number of methoxy groups -OCH3 is 1. The fraction of sp³-hybridized carbons (Fsp3) is 0.562. The summed E-state index contributed by atoms with van der Waals surface area (Å²) in [5.74, 6) is 0.399. The molecule has 0 bridgehead atoms. The maximum absolute atomic E-state index is 12.9. The van der Waals surface area contributed by atoms with Gasteiger partial charge in [-0.05, 0) is 19.4 Å². The fourth-order valence-electron chi connectivity index (χ4n) is 2.46. The van der Waals surface area contributed by atoms with Crippen molar-refractivity contribution in [3.8, 4) is 0 Å². The molecule has 2 heterocycles. The Morgan fingerprint density at radius 1 is 1.39 bits per heavy atom. The first-order valence-electron chi connectivity index (χ1n) is 7.62. The summed E-state index contributed by atoms with van der Waals surface area (Å²) in [7, 11) is 1.60. The second-order valence-electron chi connectivity index (χ2n) is 5.53. The third-order valence-corrected chi connectivity index (χ3v) is 4.74. The third-order valence-electron chi connectivity index (χ3n) is 3.58. The third kappa shape index (κ3) is 3.30. The van der Waals surface area contributed by atoms with Gasteiger partial charge >= 0.3 is 5.97 Å². The highest BCUT2D eigenvalue weighted by Crippen LogP contribution is 2.29. The van der Waals surface area contributed by atoms with Crippen LogP contribution >= 0.6 is 11.3 Å². The Morgan fingerprint density at radius 2 is 2.09 bits per heavy atom. The Morgan fingerprint density at radius 3 is 2.65 bits per heavy atom.